The van der Waals surface area contributed by atoms with Crippen molar-refractivity contribution in [2.24, 2.45) is 0 Å². The molecule has 148 valence electrons. The molecule has 1 fully saturated rings. The Hall–Kier alpha value is -2.22. The van der Waals surface area contributed by atoms with Gasteiger partial charge in [0.2, 0.25) is 0 Å². The fourth-order valence-corrected chi connectivity index (χ4v) is 4.73. The first-order chi connectivity index (χ1) is 13.8. The van der Waals surface area contributed by atoms with Gasteiger partial charge in [0, 0.05) is 25.3 Å². The fourth-order valence-electron chi connectivity index (χ4n) is 3.82. The predicted molar refractivity (Wildman–Crippen MR) is 112 cm³/mol. The Labute approximate surface area is 168 Å². The summed E-state index contributed by atoms with van der Waals surface area (Å²) in [6, 6.07) is 10.3. The summed E-state index contributed by atoms with van der Waals surface area (Å²) in [7, 11) is 1.77. The number of hydrogen-bond acceptors (Lipinski definition) is 6. The van der Waals surface area contributed by atoms with E-state index in [-0.39, 0.29) is 5.56 Å². The lowest BCUT2D eigenvalue weighted by Gasteiger charge is -2.23. The van der Waals surface area contributed by atoms with Crippen LogP contribution >= 0.6 is 11.3 Å². The van der Waals surface area contributed by atoms with Gasteiger partial charge in [0.05, 0.1) is 23.3 Å². The van der Waals surface area contributed by atoms with Gasteiger partial charge >= 0.3 is 0 Å². The summed E-state index contributed by atoms with van der Waals surface area (Å²) in [6.07, 6.45) is 3.48. The van der Waals surface area contributed by atoms with Crippen molar-refractivity contribution in [3.63, 3.8) is 0 Å². The van der Waals surface area contributed by atoms with Gasteiger partial charge < -0.3 is 9.47 Å². The van der Waals surface area contributed by atoms with Gasteiger partial charge in [-0.15, -0.1) is 11.3 Å². The quantitative estimate of drug-likeness (QED) is 0.587. The molecule has 0 unspecified atom stereocenters. The highest BCUT2D eigenvalue weighted by atomic mass is 32.1. The van der Waals surface area contributed by atoms with Gasteiger partial charge in [0.15, 0.2) is 0 Å². The molecule has 3 heterocycles. The van der Waals surface area contributed by atoms with Gasteiger partial charge in [-0.3, -0.25) is 9.69 Å². The number of nitrogens with zero attached hydrogens (tertiary/aromatic N) is 2. The number of benzene rings is 1. The number of nitrogens with one attached hydrogen (secondary N) is 1. The number of aromatic nitrogens is 2. The van der Waals surface area contributed by atoms with Crippen LogP contribution in [0.2, 0.25) is 0 Å². The van der Waals surface area contributed by atoms with E-state index >= 15 is 0 Å². The number of rotatable bonds is 8. The number of likely N-dealkylation sites (tertiary alicyclic amines) is 1. The SMILES string of the molecule is COC[C@@H]1CCCN1CCCOc1ccc(-c2n[nH]c(=O)c3ccsc23)cc1. The van der Waals surface area contributed by atoms with Gasteiger partial charge in [-0.05, 0) is 61.5 Å². The molecule has 1 aliphatic heterocycles. The molecule has 1 atom stereocenters. The van der Waals surface area contributed by atoms with Crippen LogP contribution in [0, 0.1) is 0 Å². The Balaban J connectivity index is 1.33. The Morgan fingerprint density at radius 3 is 2.96 bits per heavy atom. The molecule has 1 saturated heterocycles. The Kier molecular flexibility index (Phi) is 6.04. The van der Waals surface area contributed by atoms with Gasteiger partial charge in [-0.2, -0.15) is 5.10 Å². The zero-order chi connectivity index (χ0) is 19.3. The number of aromatic amines is 1. The van der Waals surface area contributed by atoms with E-state index in [2.05, 4.69) is 15.1 Å². The minimum absolute atomic E-state index is 0.148. The zero-order valence-electron chi connectivity index (χ0n) is 16.0. The van der Waals surface area contributed by atoms with Gasteiger partial charge in [-0.25, -0.2) is 5.10 Å². The molecule has 0 amide bonds. The molecular weight excluding hydrogens is 374 g/mol. The van der Waals surface area contributed by atoms with Crippen LogP contribution in [0.25, 0.3) is 21.3 Å². The summed E-state index contributed by atoms with van der Waals surface area (Å²) in [5, 5.41) is 9.42. The number of hydrogen-bond donors (Lipinski definition) is 1. The minimum atomic E-state index is -0.148. The number of thiophene rings is 1. The van der Waals surface area contributed by atoms with Crippen LogP contribution in [0.4, 0.5) is 0 Å². The van der Waals surface area contributed by atoms with E-state index in [4.69, 9.17) is 9.47 Å². The third-order valence-corrected chi connectivity index (χ3v) is 6.16. The van der Waals surface area contributed by atoms with Crippen molar-refractivity contribution in [3.05, 3.63) is 46.1 Å². The topological polar surface area (TPSA) is 67.5 Å². The van der Waals surface area contributed by atoms with Crippen molar-refractivity contribution < 1.29 is 9.47 Å². The lowest BCUT2D eigenvalue weighted by atomic mass is 10.1. The number of methoxy groups -OCH3 is 1. The predicted octanol–water partition coefficient (Wildman–Crippen LogP) is 3.53. The second-order valence-electron chi connectivity index (χ2n) is 7.08. The van der Waals surface area contributed by atoms with Crippen molar-refractivity contribution in [1.82, 2.24) is 15.1 Å². The Morgan fingerprint density at radius 2 is 2.14 bits per heavy atom. The molecule has 1 N–H and O–H groups in total. The third-order valence-electron chi connectivity index (χ3n) is 5.24. The molecule has 6 nitrogen and oxygen atoms in total. The summed E-state index contributed by atoms with van der Waals surface area (Å²) in [5.41, 5.74) is 1.62. The zero-order valence-corrected chi connectivity index (χ0v) is 16.8. The lowest BCUT2D eigenvalue weighted by molar-refractivity contribution is 0.111. The summed E-state index contributed by atoms with van der Waals surface area (Å²) in [4.78, 5) is 14.3. The van der Waals surface area contributed by atoms with E-state index in [1.165, 1.54) is 24.2 Å². The van der Waals surface area contributed by atoms with Crippen LogP contribution < -0.4 is 10.3 Å². The normalized spacial score (nSPS) is 17.4. The van der Waals surface area contributed by atoms with Crippen molar-refractivity contribution >= 4 is 21.4 Å². The second-order valence-corrected chi connectivity index (χ2v) is 7.99. The summed E-state index contributed by atoms with van der Waals surface area (Å²) in [6.45, 7) is 3.72. The van der Waals surface area contributed by atoms with Crippen molar-refractivity contribution in [1.29, 1.82) is 0 Å². The second kappa shape index (κ2) is 8.86. The molecule has 2 aromatic heterocycles. The first kappa shape index (κ1) is 19.1. The molecule has 3 aromatic rings. The summed E-state index contributed by atoms with van der Waals surface area (Å²) >= 11 is 1.53. The molecule has 1 aliphatic rings. The van der Waals surface area contributed by atoms with Crippen LogP contribution in [0.3, 0.4) is 0 Å². The van der Waals surface area contributed by atoms with Crippen LogP contribution in [-0.4, -0.2) is 54.6 Å². The van der Waals surface area contributed by atoms with Crippen LogP contribution in [0.5, 0.6) is 5.75 Å². The Morgan fingerprint density at radius 1 is 1.29 bits per heavy atom. The first-order valence-electron chi connectivity index (χ1n) is 9.68. The average Bonchev–Trinajstić information content (AvgIpc) is 3.37. The van der Waals surface area contributed by atoms with E-state index in [9.17, 15) is 4.79 Å². The highest BCUT2D eigenvalue weighted by molar-refractivity contribution is 7.17. The monoisotopic (exact) mass is 399 g/mol. The molecule has 0 aliphatic carbocycles. The molecule has 0 radical (unpaired) electrons. The lowest BCUT2D eigenvalue weighted by Crippen LogP contribution is -2.34. The number of H-pyrrole nitrogens is 1. The van der Waals surface area contributed by atoms with Crippen LogP contribution in [-0.2, 0) is 4.74 Å². The van der Waals surface area contributed by atoms with Crippen molar-refractivity contribution in [2.75, 3.05) is 33.4 Å². The van der Waals surface area contributed by atoms with Gasteiger partial charge in [0.25, 0.3) is 5.56 Å². The molecule has 1 aromatic carbocycles. The maximum absolute atomic E-state index is 11.8. The Bertz CT molecular complexity index is 967. The highest BCUT2D eigenvalue weighted by Gasteiger charge is 2.23. The van der Waals surface area contributed by atoms with Crippen molar-refractivity contribution in [3.8, 4) is 17.0 Å². The van der Waals surface area contributed by atoms with Gasteiger partial charge in [0.1, 0.15) is 11.4 Å². The minimum Gasteiger partial charge on any atom is -0.494 e. The van der Waals surface area contributed by atoms with E-state index in [0.29, 0.717) is 18.0 Å². The smallest absolute Gasteiger partial charge is 0.272 e. The summed E-state index contributed by atoms with van der Waals surface area (Å²) in [5.74, 6) is 0.852. The molecule has 0 saturated carbocycles. The van der Waals surface area contributed by atoms with E-state index < -0.39 is 0 Å². The molecular formula is C21H25N3O3S. The van der Waals surface area contributed by atoms with Gasteiger partial charge in [-0.1, -0.05) is 0 Å². The van der Waals surface area contributed by atoms with Crippen LogP contribution in [0.1, 0.15) is 19.3 Å². The standard InChI is InChI=1S/C21H25N3O3S/c1-26-14-16-4-2-10-24(16)11-3-12-27-17-7-5-15(6-8-17)19-20-18(9-13-28-20)21(25)23-22-19/h5-9,13,16H,2-4,10-12,14H2,1H3,(H,23,25)/t16-/m0/s1. The van der Waals surface area contributed by atoms with Crippen molar-refractivity contribution in [2.45, 2.75) is 25.3 Å². The molecule has 28 heavy (non-hydrogen) atoms. The van der Waals surface area contributed by atoms with E-state index in [0.717, 1.165) is 47.8 Å². The first-order valence-corrected chi connectivity index (χ1v) is 10.6. The molecule has 0 spiro atoms. The molecule has 4 rings (SSSR count). The van der Waals surface area contributed by atoms with E-state index in [1.54, 1.807) is 7.11 Å². The fraction of sp³-hybridized carbons (Fsp3) is 0.429. The summed E-state index contributed by atoms with van der Waals surface area (Å²) < 4.78 is 12.1. The third kappa shape index (κ3) is 4.11. The maximum atomic E-state index is 11.8. The molecule has 0 bridgehead atoms. The number of fused-ring (bicyclic) bond motifs is 1. The largest absolute Gasteiger partial charge is 0.494 e. The van der Waals surface area contributed by atoms with Crippen LogP contribution in [0.15, 0.2) is 40.5 Å². The molecule has 7 heteroatoms. The number of ether oxygens (including phenoxy) is 2. The maximum Gasteiger partial charge on any atom is 0.272 e. The van der Waals surface area contributed by atoms with E-state index in [1.807, 2.05) is 35.7 Å². The highest BCUT2D eigenvalue weighted by Crippen LogP contribution is 2.29. The average molecular weight is 400 g/mol.